The van der Waals surface area contributed by atoms with Gasteiger partial charge in [-0.1, -0.05) is 30.3 Å². The molecule has 28 heavy (non-hydrogen) atoms. The highest BCUT2D eigenvalue weighted by molar-refractivity contribution is 5.82. The fourth-order valence-corrected chi connectivity index (χ4v) is 3.17. The predicted molar refractivity (Wildman–Crippen MR) is 99.9 cm³/mol. The number of nitrogens with zero attached hydrogens (tertiary/aromatic N) is 1. The van der Waals surface area contributed by atoms with E-state index < -0.39 is 12.0 Å². The predicted octanol–water partition coefficient (Wildman–Crippen LogP) is 1.21. The Kier molecular flexibility index (Phi) is 7.98. The van der Waals surface area contributed by atoms with Crippen molar-refractivity contribution in [2.24, 2.45) is 5.92 Å². The number of esters is 2. The van der Waals surface area contributed by atoms with Crippen LogP contribution in [0.1, 0.15) is 37.8 Å². The number of ether oxygens (including phenoxy) is 2. The first kappa shape index (κ1) is 21.4. The van der Waals surface area contributed by atoms with Crippen molar-refractivity contribution in [3.8, 4) is 0 Å². The summed E-state index contributed by atoms with van der Waals surface area (Å²) in [6.07, 6.45) is 0.997. The second-order valence-corrected chi connectivity index (χ2v) is 6.71. The minimum atomic E-state index is -0.569. The Hall–Kier alpha value is -2.90. The molecule has 0 radical (unpaired) electrons. The standard InChI is InChI=1S/C20H26N2O6/c1-14(23)21-17(15-6-4-3-5-7-15)12-19(25)28-13-18(24)22-10-8-16(9-11-22)20(26)27-2/h3-7,16-17H,8-13H2,1-2H3,(H,21,23)/t17-/m0/s1. The molecular weight excluding hydrogens is 364 g/mol. The lowest BCUT2D eigenvalue weighted by Crippen LogP contribution is -2.42. The number of carbonyl (C=O) groups excluding carboxylic acids is 4. The normalized spacial score (nSPS) is 15.4. The molecule has 1 atom stereocenters. The lowest BCUT2D eigenvalue weighted by molar-refractivity contribution is -0.154. The zero-order valence-electron chi connectivity index (χ0n) is 16.2. The van der Waals surface area contributed by atoms with Crippen molar-refractivity contribution in [2.75, 3.05) is 26.8 Å². The van der Waals surface area contributed by atoms with Gasteiger partial charge in [0.1, 0.15) is 0 Å². The summed E-state index contributed by atoms with van der Waals surface area (Å²) in [4.78, 5) is 48.9. The number of rotatable bonds is 7. The molecule has 0 aliphatic carbocycles. The molecule has 1 fully saturated rings. The molecule has 1 aromatic carbocycles. The Morgan fingerprint density at radius 2 is 1.79 bits per heavy atom. The SMILES string of the molecule is COC(=O)C1CCN(C(=O)COC(=O)C[C@H](NC(C)=O)c2ccccc2)CC1. The molecule has 152 valence electrons. The monoisotopic (exact) mass is 390 g/mol. The number of methoxy groups -OCH3 is 1. The molecule has 1 aliphatic heterocycles. The van der Waals surface area contributed by atoms with Crippen molar-refractivity contribution in [1.29, 1.82) is 0 Å². The van der Waals surface area contributed by atoms with Gasteiger partial charge in [-0.2, -0.15) is 0 Å². The summed E-state index contributed by atoms with van der Waals surface area (Å²) in [5, 5.41) is 2.72. The number of likely N-dealkylation sites (tertiary alicyclic amines) is 1. The zero-order valence-corrected chi connectivity index (χ0v) is 16.2. The fraction of sp³-hybridized carbons (Fsp3) is 0.500. The quantitative estimate of drug-likeness (QED) is 0.702. The van der Waals surface area contributed by atoms with Gasteiger partial charge in [0.2, 0.25) is 5.91 Å². The molecular formula is C20H26N2O6. The van der Waals surface area contributed by atoms with Crippen LogP contribution in [0.15, 0.2) is 30.3 Å². The zero-order chi connectivity index (χ0) is 20.5. The van der Waals surface area contributed by atoms with Gasteiger partial charge in [0.05, 0.1) is 25.5 Å². The summed E-state index contributed by atoms with van der Waals surface area (Å²) >= 11 is 0. The highest BCUT2D eigenvalue weighted by atomic mass is 16.5. The lowest BCUT2D eigenvalue weighted by Gasteiger charge is -2.30. The van der Waals surface area contributed by atoms with Crippen LogP contribution in [0, 0.1) is 5.92 Å². The van der Waals surface area contributed by atoms with Crippen LogP contribution in [0.4, 0.5) is 0 Å². The summed E-state index contributed by atoms with van der Waals surface area (Å²) in [6, 6.07) is 8.58. The van der Waals surface area contributed by atoms with Gasteiger partial charge in [-0.15, -0.1) is 0 Å². The van der Waals surface area contributed by atoms with E-state index in [1.807, 2.05) is 30.3 Å². The van der Waals surface area contributed by atoms with Crippen molar-refractivity contribution in [1.82, 2.24) is 10.2 Å². The Bertz CT molecular complexity index is 698. The van der Waals surface area contributed by atoms with Gasteiger partial charge in [-0.05, 0) is 18.4 Å². The fourth-order valence-electron chi connectivity index (χ4n) is 3.17. The molecule has 1 saturated heterocycles. The van der Waals surface area contributed by atoms with Gasteiger partial charge < -0.3 is 19.7 Å². The van der Waals surface area contributed by atoms with Crippen LogP contribution in [0.25, 0.3) is 0 Å². The Balaban J connectivity index is 1.81. The Morgan fingerprint density at radius 3 is 2.36 bits per heavy atom. The lowest BCUT2D eigenvalue weighted by atomic mass is 9.97. The molecule has 0 aromatic heterocycles. The van der Waals surface area contributed by atoms with Crippen molar-refractivity contribution >= 4 is 23.8 Å². The maximum atomic E-state index is 12.2. The van der Waals surface area contributed by atoms with Gasteiger partial charge in [0, 0.05) is 20.0 Å². The van der Waals surface area contributed by atoms with E-state index >= 15 is 0 Å². The largest absolute Gasteiger partial charge is 0.469 e. The number of hydrogen-bond donors (Lipinski definition) is 1. The molecule has 2 rings (SSSR count). The van der Waals surface area contributed by atoms with Gasteiger partial charge in [-0.25, -0.2) is 0 Å². The first-order valence-corrected chi connectivity index (χ1v) is 9.24. The van der Waals surface area contributed by atoms with E-state index in [-0.39, 0.29) is 36.7 Å². The first-order chi connectivity index (χ1) is 13.4. The summed E-state index contributed by atoms with van der Waals surface area (Å²) in [7, 11) is 1.35. The molecule has 1 heterocycles. The van der Waals surface area contributed by atoms with E-state index in [1.165, 1.54) is 14.0 Å². The van der Waals surface area contributed by atoms with Crippen LogP contribution >= 0.6 is 0 Å². The summed E-state index contributed by atoms with van der Waals surface area (Å²) < 4.78 is 9.84. The topological polar surface area (TPSA) is 102 Å². The van der Waals surface area contributed by atoms with Crippen LogP contribution in [0.5, 0.6) is 0 Å². The highest BCUT2D eigenvalue weighted by Gasteiger charge is 2.28. The van der Waals surface area contributed by atoms with Crippen LogP contribution in [0.2, 0.25) is 0 Å². The van der Waals surface area contributed by atoms with E-state index in [4.69, 9.17) is 9.47 Å². The molecule has 2 amide bonds. The summed E-state index contributed by atoms with van der Waals surface area (Å²) in [5.41, 5.74) is 0.783. The molecule has 0 spiro atoms. The molecule has 1 aromatic rings. The number of piperidine rings is 1. The van der Waals surface area contributed by atoms with E-state index in [0.29, 0.717) is 25.9 Å². The Morgan fingerprint density at radius 1 is 1.14 bits per heavy atom. The van der Waals surface area contributed by atoms with Crippen LogP contribution in [-0.2, 0) is 28.7 Å². The van der Waals surface area contributed by atoms with E-state index in [0.717, 1.165) is 5.56 Å². The summed E-state index contributed by atoms with van der Waals surface area (Å²) in [6.45, 7) is 1.87. The van der Waals surface area contributed by atoms with Crippen molar-refractivity contribution in [3.63, 3.8) is 0 Å². The van der Waals surface area contributed by atoms with Crippen molar-refractivity contribution in [2.45, 2.75) is 32.2 Å². The average Bonchev–Trinajstić information content (AvgIpc) is 2.71. The molecule has 8 nitrogen and oxygen atoms in total. The molecule has 1 aliphatic rings. The second kappa shape index (κ2) is 10.4. The molecule has 0 bridgehead atoms. The number of nitrogens with one attached hydrogen (secondary N) is 1. The number of amides is 2. The third-order valence-corrected chi connectivity index (χ3v) is 4.69. The van der Waals surface area contributed by atoms with Gasteiger partial charge in [-0.3, -0.25) is 19.2 Å². The minimum Gasteiger partial charge on any atom is -0.469 e. The second-order valence-electron chi connectivity index (χ2n) is 6.71. The van der Waals surface area contributed by atoms with Crippen LogP contribution in [0.3, 0.4) is 0 Å². The number of carbonyl (C=O) groups is 4. The van der Waals surface area contributed by atoms with Crippen molar-refractivity contribution in [3.05, 3.63) is 35.9 Å². The number of benzene rings is 1. The van der Waals surface area contributed by atoms with E-state index in [2.05, 4.69) is 5.32 Å². The first-order valence-electron chi connectivity index (χ1n) is 9.24. The summed E-state index contributed by atoms with van der Waals surface area (Å²) in [5.74, 6) is -1.58. The number of hydrogen-bond acceptors (Lipinski definition) is 6. The highest BCUT2D eigenvalue weighted by Crippen LogP contribution is 2.19. The molecule has 0 unspecified atom stereocenters. The third-order valence-electron chi connectivity index (χ3n) is 4.69. The maximum absolute atomic E-state index is 12.2. The Labute approximate surface area is 164 Å². The van der Waals surface area contributed by atoms with E-state index in [9.17, 15) is 19.2 Å². The maximum Gasteiger partial charge on any atom is 0.308 e. The van der Waals surface area contributed by atoms with Crippen LogP contribution < -0.4 is 5.32 Å². The average molecular weight is 390 g/mol. The van der Waals surface area contributed by atoms with Crippen molar-refractivity contribution < 1.29 is 28.7 Å². The molecule has 1 N–H and O–H groups in total. The van der Waals surface area contributed by atoms with E-state index in [1.54, 1.807) is 4.90 Å². The van der Waals surface area contributed by atoms with Crippen LogP contribution in [-0.4, -0.2) is 55.5 Å². The van der Waals surface area contributed by atoms with Gasteiger partial charge >= 0.3 is 11.9 Å². The molecule has 0 saturated carbocycles. The smallest absolute Gasteiger partial charge is 0.308 e. The van der Waals surface area contributed by atoms with Gasteiger partial charge in [0.15, 0.2) is 6.61 Å². The third kappa shape index (κ3) is 6.37. The minimum absolute atomic E-state index is 0.0682. The molecule has 8 heteroatoms. The van der Waals surface area contributed by atoms with Gasteiger partial charge in [0.25, 0.3) is 5.91 Å².